The van der Waals surface area contributed by atoms with Crippen LogP contribution in [0.3, 0.4) is 0 Å². The van der Waals surface area contributed by atoms with Gasteiger partial charge in [0.25, 0.3) is 5.56 Å². The van der Waals surface area contributed by atoms with Crippen molar-refractivity contribution in [2.45, 2.75) is 38.1 Å². The Morgan fingerprint density at radius 3 is 2.27 bits per heavy atom. The van der Waals surface area contributed by atoms with E-state index in [1.807, 2.05) is 40.0 Å². The number of sulfonamides is 1. The third-order valence-electron chi connectivity index (χ3n) is 5.21. The van der Waals surface area contributed by atoms with Crippen molar-refractivity contribution in [3.63, 3.8) is 0 Å². The highest BCUT2D eigenvalue weighted by Crippen LogP contribution is 2.20. The van der Waals surface area contributed by atoms with Gasteiger partial charge in [0.1, 0.15) is 5.75 Å². The van der Waals surface area contributed by atoms with Gasteiger partial charge in [0.15, 0.2) is 0 Å². The van der Waals surface area contributed by atoms with Crippen LogP contribution in [0.25, 0.3) is 5.69 Å². The first-order valence-electron chi connectivity index (χ1n) is 9.68. The topological polar surface area (TPSA) is 82.3 Å². The summed E-state index contributed by atoms with van der Waals surface area (Å²) < 4.78 is 36.6. The molecule has 0 aliphatic rings. The third-order valence-corrected chi connectivity index (χ3v) is 6.63. The first-order chi connectivity index (χ1) is 14.2. The largest absolute Gasteiger partial charge is 0.496 e. The monoisotopic (exact) mass is 429 g/mol. The molecule has 30 heavy (non-hydrogen) atoms. The Labute approximate surface area is 177 Å². The molecule has 1 heterocycles. The Morgan fingerprint density at radius 1 is 1.07 bits per heavy atom. The molecule has 0 unspecified atom stereocenters. The molecule has 3 rings (SSSR count). The smallest absolute Gasteiger partial charge is 0.275 e. The average molecular weight is 430 g/mol. The van der Waals surface area contributed by atoms with Crippen molar-refractivity contribution in [2.24, 2.45) is 7.05 Å². The van der Waals surface area contributed by atoms with Crippen LogP contribution in [0, 0.1) is 6.92 Å². The number of ether oxygens (including phenoxy) is 1. The zero-order valence-corrected chi connectivity index (χ0v) is 18.7. The number of benzene rings is 2. The van der Waals surface area contributed by atoms with E-state index in [4.69, 9.17) is 4.74 Å². The first kappa shape index (κ1) is 21.9. The predicted molar refractivity (Wildman–Crippen MR) is 117 cm³/mol. The molecule has 0 atom stereocenters. The van der Waals surface area contributed by atoms with Gasteiger partial charge in [0.2, 0.25) is 10.0 Å². The van der Waals surface area contributed by atoms with E-state index in [0.29, 0.717) is 11.4 Å². The van der Waals surface area contributed by atoms with Crippen molar-refractivity contribution in [3.8, 4) is 11.4 Å². The molecule has 1 N–H and O–H groups in total. The summed E-state index contributed by atoms with van der Waals surface area (Å²) in [4.78, 5) is 13.0. The quantitative estimate of drug-likeness (QED) is 0.626. The van der Waals surface area contributed by atoms with Gasteiger partial charge in [-0.25, -0.2) is 17.8 Å². The van der Waals surface area contributed by atoms with Gasteiger partial charge in [-0.3, -0.25) is 9.48 Å². The van der Waals surface area contributed by atoms with Gasteiger partial charge in [-0.2, -0.15) is 0 Å². The van der Waals surface area contributed by atoms with E-state index in [2.05, 4.69) is 4.72 Å². The van der Waals surface area contributed by atoms with Gasteiger partial charge in [0, 0.05) is 30.4 Å². The number of methoxy groups -OCH3 is 1. The molecule has 3 aromatic rings. The van der Waals surface area contributed by atoms with Crippen LogP contribution in [0.5, 0.6) is 5.75 Å². The lowest BCUT2D eigenvalue weighted by Crippen LogP contribution is -2.24. The highest BCUT2D eigenvalue weighted by molar-refractivity contribution is 7.89. The minimum Gasteiger partial charge on any atom is -0.496 e. The maximum absolute atomic E-state index is 12.9. The van der Waals surface area contributed by atoms with Crippen molar-refractivity contribution in [1.29, 1.82) is 0 Å². The molecule has 0 saturated heterocycles. The highest BCUT2D eigenvalue weighted by Gasteiger charge is 2.19. The van der Waals surface area contributed by atoms with Crippen molar-refractivity contribution in [3.05, 3.63) is 75.7 Å². The van der Waals surface area contributed by atoms with Crippen LogP contribution in [0.4, 0.5) is 0 Å². The lowest BCUT2D eigenvalue weighted by Gasteiger charge is -2.12. The Kier molecular flexibility index (Phi) is 6.19. The molecule has 7 nitrogen and oxygen atoms in total. The Morgan fingerprint density at radius 2 is 1.70 bits per heavy atom. The molecule has 1 aromatic heterocycles. The van der Waals surface area contributed by atoms with E-state index in [1.165, 1.54) is 12.1 Å². The molecule has 0 saturated carbocycles. The molecule has 0 aliphatic heterocycles. The van der Waals surface area contributed by atoms with E-state index >= 15 is 0 Å². The third kappa shape index (κ3) is 4.06. The van der Waals surface area contributed by atoms with Crippen LogP contribution in [-0.2, 0) is 23.6 Å². The number of aromatic nitrogens is 2. The second kappa shape index (κ2) is 8.49. The zero-order valence-electron chi connectivity index (χ0n) is 17.8. The molecule has 0 spiro atoms. The molecule has 0 amide bonds. The van der Waals surface area contributed by atoms with E-state index < -0.39 is 10.0 Å². The van der Waals surface area contributed by atoms with Crippen LogP contribution in [-0.4, -0.2) is 24.9 Å². The molecular weight excluding hydrogens is 402 g/mol. The van der Waals surface area contributed by atoms with E-state index in [-0.39, 0.29) is 22.9 Å². The summed E-state index contributed by atoms with van der Waals surface area (Å²) in [6.07, 6.45) is 0. The second-order valence-electron chi connectivity index (χ2n) is 7.42. The molecule has 0 bridgehead atoms. The van der Waals surface area contributed by atoms with Crippen LogP contribution in [0.15, 0.2) is 58.2 Å². The Hall–Kier alpha value is -2.84. The molecule has 0 radical (unpaired) electrons. The Balaban J connectivity index is 1.87. The van der Waals surface area contributed by atoms with E-state index in [1.54, 1.807) is 40.7 Å². The summed E-state index contributed by atoms with van der Waals surface area (Å²) in [7, 11) is -0.352. The van der Waals surface area contributed by atoms with Gasteiger partial charge >= 0.3 is 0 Å². The minimum absolute atomic E-state index is 0.0881. The average Bonchev–Trinajstić information content (AvgIpc) is 2.95. The van der Waals surface area contributed by atoms with Gasteiger partial charge < -0.3 is 4.74 Å². The molecule has 0 fully saturated rings. The molecule has 2 aromatic carbocycles. The zero-order chi connectivity index (χ0) is 22.1. The number of para-hydroxylation sites is 1. The maximum atomic E-state index is 12.9. The van der Waals surface area contributed by atoms with Gasteiger partial charge in [-0.1, -0.05) is 32.0 Å². The predicted octanol–water partition coefficient (Wildman–Crippen LogP) is 3.09. The maximum Gasteiger partial charge on any atom is 0.275 e. The van der Waals surface area contributed by atoms with Crippen molar-refractivity contribution in [1.82, 2.24) is 14.1 Å². The van der Waals surface area contributed by atoms with Gasteiger partial charge in [0.05, 0.1) is 17.7 Å². The lowest BCUT2D eigenvalue weighted by atomic mass is 10.0. The Bertz CT molecular complexity index is 1210. The fourth-order valence-electron chi connectivity index (χ4n) is 3.56. The highest BCUT2D eigenvalue weighted by atomic mass is 32.2. The van der Waals surface area contributed by atoms with E-state index in [9.17, 15) is 13.2 Å². The van der Waals surface area contributed by atoms with Gasteiger partial charge in [-0.05, 0) is 43.2 Å². The fourth-order valence-corrected chi connectivity index (χ4v) is 4.56. The number of rotatable bonds is 7. The summed E-state index contributed by atoms with van der Waals surface area (Å²) in [5.41, 5.74) is 2.92. The minimum atomic E-state index is -3.72. The lowest BCUT2D eigenvalue weighted by molar-refractivity contribution is 0.409. The van der Waals surface area contributed by atoms with Crippen molar-refractivity contribution < 1.29 is 13.2 Å². The van der Waals surface area contributed by atoms with Crippen molar-refractivity contribution >= 4 is 10.0 Å². The molecular formula is C22H27N3O4S. The summed E-state index contributed by atoms with van der Waals surface area (Å²) in [5, 5.41) is 0. The van der Waals surface area contributed by atoms with Crippen molar-refractivity contribution in [2.75, 3.05) is 7.11 Å². The molecule has 8 heteroatoms. The van der Waals surface area contributed by atoms with Crippen LogP contribution in [0.2, 0.25) is 0 Å². The molecule has 0 aliphatic carbocycles. The summed E-state index contributed by atoms with van der Waals surface area (Å²) in [5.74, 6) is 0.721. The van der Waals surface area contributed by atoms with E-state index in [0.717, 1.165) is 16.8 Å². The molecule has 160 valence electrons. The summed E-state index contributed by atoms with van der Waals surface area (Å²) in [6, 6.07) is 13.5. The van der Waals surface area contributed by atoms with Crippen LogP contribution in [0.1, 0.15) is 36.6 Å². The normalized spacial score (nSPS) is 11.8. The number of nitrogens with zero attached hydrogens (tertiary/aromatic N) is 2. The first-order valence-corrected chi connectivity index (χ1v) is 11.2. The van der Waals surface area contributed by atoms with Crippen LogP contribution >= 0.6 is 0 Å². The fraction of sp³-hybridized carbons (Fsp3) is 0.318. The summed E-state index contributed by atoms with van der Waals surface area (Å²) >= 11 is 0. The summed E-state index contributed by atoms with van der Waals surface area (Å²) in [6.45, 7) is 5.99. The number of hydrogen-bond acceptors (Lipinski definition) is 4. The van der Waals surface area contributed by atoms with Crippen LogP contribution < -0.4 is 15.0 Å². The van der Waals surface area contributed by atoms with Gasteiger partial charge in [-0.15, -0.1) is 0 Å². The number of hydrogen-bond donors (Lipinski definition) is 1. The standard InChI is InChI=1S/C22H27N3O4S/c1-15(2)21-16(3)24(4)25(22(21)26)18-10-12-19(13-11-18)30(27,28)23-14-17-8-6-7-9-20(17)29-5/h6-13,15,23H,14H2,1-5H3. The SMILES string of the molecule is COc1ccccc1CNS(=O)(=O)c1ccc(-n2c(=O)c(C(C)C)c(C)n2C)cc1. The second-order valence-corrected chi connectivity index (χ2v) is 9.19. The number of nitrogens with one attached hydrogen (secondary N) is 1.